The number of carbonyl (C=O) groups is 4. The fourth-order valence-electron chi connectivity index (χ4n) is 6.87. The minimum Gasteiger partial charge on any atom is -0.481 e. The second-order valence-corrected chi connectivity index (χ2v) is 17.6. The van der Waals surface area contributed by atoms with E-state index in [2.05, 4.69) is 38.0 Å². The van der Waals surface area contributed by atoms with Crippen LogP contribution in [0.3, 0.4) is 0 Å². The van der Waals surface area contributed by atoms with Crippen molar-refractivity contribution < 1.29 is 38.9 Å². The molecule has 0 aromatic carbocycles. The molecule has 0 amide bonds. The van der Waals surface area contributed by atoms with E-state index in [4.69, 9.17) is 42.9 Å². The lowest BCUT2D eigenvalue weighted by Crippen LogP contribution is -2.16. The minimum absolute atomic E-state index is 0.220. The van der Waals surface area contributed by atoms with E-state index in [0.717, 1.165) is 161 Å². The number of carboxylic acid groups (broad SMARTS) is 2. The number of ether oxygens (including phenoxy) is 2. The number of carbonyl (C=O) groups excluding carboxylic acids is 2. The van der Waals surface area contributed by atoms with Crippen molar-refractivity contribution in [1.82, 2.24) is 9.80 Å². The van der Waals surface area contributed by atoms with Crippen molar-refractivity contribution in [3.05, 3.63) is 0 Å². The number of hydrogen-bond acceptors (Lipinski definition) is 8. The Bertz CT molecular complexity index is 827. The Kier molecular flexibility index (Phi) is 45.9. The minimum atomic E-state index is -0.698. The molecule has 0 aromatic heterocycles. The standard InChI is InChI=1S/C23H43Cl2NO3.C23H45NO5/c1-26(2)19-13-14-20-29-21(15-9-5-3-7-11-17-22(24)27)16-10-6-4-8-12-18-23(25)28;1-24(2)19-13-14-20-29-21(15-9-5-3-7-11-17-22(25)26)16-10-6-4-8-12-18-23(27)28/h21H,3-20H2,1-2H3;21H,3-20H2,1-2H3,(H,25,26)(H,27,28). The van der Waals surface area contributed by atoms with E-state index in [-0.39, 0.29) is 23.3 Å². The van der Waals surface area contributed by atoms with Crippen LogP contribution in [0, 0.1) is 0 Å². The van der Waals surface area contributed by atoms with Crippen LogP contribution >= 0.6 is 23.2 Å². The maximum absolute atomic E-state index is 10.7. The summed E-state index contributed by atoms with van der Waals surface area (Å²) in [5, 5.41) is 16.9. The van der Waals surface area contributed by atoms with Gasteiger partial charge in [-0.3, -0.25) is 19.2 Å². The predicted molar refractivity (Wildman–Crippen MR) is 241 cm³/mol. The second-order valence-electron chi connectivity index (χ2n) is 16.7. The largest absolute Gasteiger partial charge is 0.481 e. The first-order valence-electron chi connectivity index (χ1n) is 23.2. The number of carboxylic acids is 2. The lowest BCUT2D eigenvalue weighted by molar-refractivity contribution is -0.138. The predicted octanol–water partition coefficient (Wildman–Crippen LogP) is 12.0. The van der Waals surface area contributed by atoms with Crippen LogP contribution in [0.4, 0.5) is 0 Å². The Balaban J connectivity index is 0. The zero-order valence-corrected chi connectivity index (χ0v) is 39.1. The molecule has 0 spiro atoms. The number of nitrogens with zero attached hydrogens (tertiary/aromatic N) is 2. The van der Waals surface area contributed by atoms with Gasteiger partial charge in [0.25, 0.3) is 0 Å². The van der Waals surface area contributed by atoms with Crippen LogP contribution in [0.5, 0.6) is 0 Å². The quantitative estimate of drug-likeness (QED) is 0.0450. The molecule has 0 aliphatic carbocycles. The summed E-state index contributed by atoms with van der Waals surface area (Å²) >= 11 is 10.7. The van der Waals surface area contributed by atoms with E-state index in [0.29, 0.717) is 25.0 Å². The topological polar surface area (TPSA) is 134 Å². The molecule has 2 N–H and O–H groups in total. The summed E-state index contributed by atoms with van der Waals surface area (Å²) in [4.78, 5) is 47.0. The number of hydrogen-bond donors (Lipinski definition) is 2. The highest BCUT2D eigenvalue weighted by molar-refractivity contribution is 6.63. The highest BCUT2D eigenvalue weighted by Gasteiger charge is 2.11. The first kappa shape index (κ1) is 58.8. The first-order chi connectivity index (χ1) is 27.8. The summed E-state index contributed by atoms with van der Waals surface area (Å²) in [6.07, 6.45) is 32.7. The van der Waals surface area contributed by atoms with Crippen LogP contribution in [0.1, 0.15) is 205 Å². The molecule has 0 atom stereocenters. The van der Waals surface area contributed by atoms with Gasteiger partial charge in [0.2, 0.25) is 10.5 Å². The summed E-state index contributed by atoms with van der Waals surface area (Å²) < 4.78 is 12.4. The van der Waals surface area contributed by atoms with E-state index in [9.17, 15) is 19.2 Å². The SMILES string of the molecule is CN(C)CCCCOC(CCCCCCCC(=O)Cl)CCCCCCCC(=O)Cl.CN(C)CCCCOC(CCCCCCCC(=O)O)CCCCCCCC(=O)O. The third-order valence-corrected chi connectivity index (χ3v) is 10.7. The maximum atomic E-state index is 10.7. The Morgan fingerprint density at radius 1 is 0.397 bits per heavy atom. The molecular formula is C46H88Cl2N2O8. The molecule has 0 saturated carbocycles. The van der Waals surface area contributed by atoms with Crippen molar-refractivity contribution >= 4 is 45.6 Å². The molecule has 344 valence electrons. The maximum Gasteiger partial charge on any atom is 0.303 e. The van der Waals surface area contributed by atoms with E-state index in [1.807, 2.05) is 0 Å². The molecule has 0 fully saturated rings. The molecule has 0 aliphatic rings. The molecule has 0 saturated heterocycles. The van der Waals surface area contributed by atoms with Crippen LogP contribution in [-0.2, 0) is 28.7 Å². The molecule has 0 radical (unpaired) electrons. The van der Waals surface area contributed by atoms with Crippen molar-refractivity contribution in [3.8, 4) is 0 Å². The van der Waals surface area contributed by atoms with Crippen molar-refractivity contribution in [3.63, 3.8) is 0 Å². The van der Waals surface area contributed by atoms with Crippen molar-refractivity contribution in [2.24, 2.45) is 0 Å². The third-order valence-electron chi connectivity index (χ3n) is 10.3. The summed E-state index contributed by atoms with van der Waals surface area (Å²) in [5.41, 5.74) is 0. The third kappa shape index (κ3) is 52.7. The summed E-state index contributed by atoms with van der Waals surface area (Å²) in [7, 11) is 8.40. The van der Waals surface area contributed by atoms with Gasteiger partial charge in [-0.25, -0.2) is 0 Å². The number of halogens is 2. The van der Waals surface area contributed by atoms with Gasteiger partial charge >= 0.3 is 11.9 Å². The van der Waals surface area contributed by atoms with Crippen LogP contribution in [0.25, 0.3) is 0 Å². The molecule has 0 heterocycles. The fraction of sp³-hybridized carbons (Fsp3) is 0.913. The lowest BCUT2D eigenvalue weighted by Gasteiger charge is -2.18. The highest BCUT2D eigenvalue weighted by atomic mass is 35.5. The lowest BCUT2D eigenvalue weighted by atomic mass is 10.0. The summed E-state index contributed by atoms with van der Waals surface area (Å²) in [5.74, 6) is -1.40. The Labute approximate surface area is 365 Å². The van der Waals surface area contributed by atoms with Gasteiger partial charge in [0, 0.05) is 38.9 Å². The van der Waals surface area contributed by atoms with Crippen LogP contribution < -0.4 is 0 Å². The molecule has 0 rings (SSSR count). The van der Waals surface area contributed by atoms with Gasteiger partial charge in [0.1, 0.15) is 0 Å². The van der Waals surface area contributed by atoms with E-state index >= 15 is 0 Å². The monoisotopic (exact) mass is 867 g/mol. The van der Waals surface area contributed by atoms with Gasteiger partial charge in [-0.1, -0.05) is 103 Å². The van der Waals surface area contributed by atoms with E-state index in [1.54, 1.807) is 0 Å². The smallest absolute Gasteiger partial charge is 0.303 e. The zero-order chi connectivity index (χ0) is 43.5. The van der Waals surface area contributed by atoms with Crippen molar-refractivity contribution in [2.75, 3.05) is 54.5 Å². The van der Waals surface area contributed by atoms with E-state index < -0.39 is 11.9 Å². The summed E-state index contributed by atoms with van der Waals surface area (Å²) in [6.45, 7) is 3.90. The molecule has 0 aromatic rings. The highest BCUT2D eigenvalue weighted by Crippen LogP contribution is 2.19. The van der Waals surface area contributed by atoms with Gasteiger partial charge in [0.15, 0.2) is 0 Å². The molecule has 12 heteroatoms. The molecular weight excluding hydrogens is 779 g/mol. The second kappa shape index (κ2) is 45.2. The molecule has 0 unspecified atom stereocenters. The normalized spacial score (nSPS) is 11.5. The Morgan fingerprint density at radius 2 is 0.655 bits per heavy atom. The first-order valence-corrected chi connectivity index (χ1v) is 23.9. The number of aliphatic carboxylic acids is 2. The summed E-state index contributed by atoms with van der Waals surface area (Å²) in [6, 6.07) is 0. The van der Waals surface area contributed by atoms with Gasteiger partial charge in [-0.15, -0.1) is 0 Å². The number of unbranched alkanes of at least 4 members (excludes halogenated alkanes) is 18. The molecule has 0 aliphatic heterocycles. The molecule has 10 nitrogen and oxygen atoms in total. The van der Waals surface area contributed by atoms with Gasteiger partial charge < -0.3 is 29.5 Å². The average Bonchev–Trinajstić information content (AvgIpc) is 3.14. The average molecular weight is 868 g/mol. The Hall–Kier alpha value is -1.30. The number of rotatable bonds is 44. The van der Waals surface area contributed by atoms with Gasteiger partial charge in [-0.05, 0) is 142 Å². The molecule has 58 heavy (non-hydrogen) atoms. The van der Waals surface area contributed by atoms with Gasteiger partial charge in [0.05, 0.1) is 12.2 Å². The Morgan fingerprint density at radius 3 is 0.914 bits per heavy atom. The van der Waals surface area contributed by atoms with Crippen molar-refractivity contribution in [2.45, 2.75) is 218 Å². The van der Waals surface area contributed by atoms with Crippen LogP contribution in [0.2, 0.25) is 0 Å². The van der Waals surface area contributed by atoms with E-state index in [1.165, 1.54) is 44.9 Å². The van der Waals surface area contributed by atoms with Crippen LogP contribution in [-0.4, -0.2) is 109 Å². The zero-order valence-electron chi connectivity index (χ0n) is 37.6. The van der Waals surface area contributed by atoms with Crippen LogP contribution in [0.15, 0.2) is 0 Å². The van der Waals surface area contributed by atoms with Gasteiger partial charge in [-0.2, -0.15) is 0 Å². The molecule has 0 bridgehead atoms. The fourth-order valence-corrected chi connectivity index (χ4v) is 7.14. The van der Waals surface area contributed by atoms with Crippen molar-refractivity contribution in [1.29, 1.82) is 0 Å².